The summed E-state index contributed by atoms with van der Waals surface area (Å²) in [5.74, 6) is 0.00442. The zero-order valence-electron chi connectivity index (χ0n) is 12.1. The summed E-state index contributed by atoms with van der Waals surface area (Å²) in [7, 11) is 0. The Balaban J connectivity index is 2.15. The van der Waals surface area contributed by atoms with Crippen molar-refractivity contribution in [1.29, 1.82) is 0 Å². The molecule has 1 amide bonds. The maximum Gasteiger partial charge on any atom is 0.251 e. The lowest BCUT2D eigenvalue weighted by Gasteiger charge is -2.39. The lowest BCUT2D eigenvalue weighted by molar-refractivity contribution is 0.0853. The highest BCUT2D eigenvalue weighted by Gasteiger charge is 2.33. The van der Waals surface area contributed by atoms with Gasteiger partial charge in [-0.2, -0.15) is 0 Å². The summed E-state index contributed by atoms with van der Waals surface area (Å²) < 4.78 is 0. The molecule has 3 nitrogen and oxygen atoms in total. The summed E-state index contributed by atoms with van der Waals surface area (Å²) in [5.41, 5.74) is 8.29. The van der Waals surface area contributed by atoms with E-state index in [1.165, 1.54) is 19.3 Å². The molecule has 0 heterocycles. The molecule has 1 aliphatic carbocycles. The first-order valence-corrected chi connectivity index (χ1v) is 7.08. The van der Waals surface area contributed by atoms with E-state index < -0.39 is 0 Å². The van der Waals surface area contributed by atoms with E-state index in [9.17, 15) is 4.79 Å². The lowest BCUT2D eigenvalue weighted by Crippen LogP contribution is -2.47. The zero-order valence-corrected chi connectivity index (χ0v) is 12.1. The standard InChI is InChI=1S/C16H24N2O/c1-11-12(7-6-8-13(11)17)15(19)18-14-9-4-5-10-16(14,2)3/h6-8,14H,4-5,9-10,17H2,1-3H3,(H,18,19). The summed E-state index contributed by atoms with van der Waals surface area (Å²) in [6, 6.07) is 5.77. The molecule has 1 aromatic rings. The maximum atomic E-state index is 12.4. The lowest BCUT2D eigenvalue weighted by atomic mass is 9.73. The van der Waals surface area contributed by atoms with Crippen LogP contribution in [0.3, 0.4) is 0 Å². The number of hydrogen-bond acceptors (Lipinski definition) is 2. The van der Waals surface area contributed by atoms with E-state index in [0.29, 0.717) is 11.3 Å². The fourth-order valence-electron chi connectivity index (χ4n) is 2.90. The van der Waals surface area contributed by atoms with Gasteiger partial charge in [0.1, 0.15) is 0 Å². The van der Waals surface area contributed by atoms with Gasteiger partial charge in [-0.3, -0.25) is 4.79 Å². The Labute approximate surface area is 115 Å². The first kappa shape index (κ1) is 13.9. The van der Waals surface area contributed by atoms with E-state index in [1.54, 1.807) is 0 Å². The quantitative estimate of drug-likeness (QED) is 0.802. The minimum Gasteiger partial charge on any atom is -0.398 e. The van der Waals surface area contributed by atoms with Crippen LogP contribution in [0.1, 0.15) is 55.5 Å². The van der Waals surface area contributed by atoms with Gasteiger partial charge in [0.25, 0.3) is 5.91 Å². The molecule has 0 aromatic heterocycles. The van der Waals surface area contributed by atoms with Gasteiger partial charge in [-0.1, -0.05) is 32.8 Å². The van der Waals surface area contributed by atoms with E-state index in [0.717, 1.165) is 12.0 Å². The van der Waals surface area contributed by atoms with Crippen molar-refractivity contribution in [3.8, 4) is 0 Å². The molecule has 1 aliphatic rings. The van der Waals surface area contributed by atoms with Crippen LogP contribution in [0.25, 0.3) is 0 Å². The highest BCUT2D eigenvalue weighted by Crippen LogP contribution is 2.35. The fourth-order valence-corrected chi connectivity index (χ4v) is 2.90. The van der Waals surface area contributed by atoms with Crippen molar-refractivity contribution in [2.75, 3.05) is 5.73 Å². The molecule has 1 atom stereocenters. The number of anilines is 1. The van der Waals surface area contributed by atoms with Crippen molar-refractivity contribution in [3.05, 3.63) is 29.3 Å². The SMILES string of the molecule is Cc1c(N)cccc1C(=O)NC1CCCCC1(C)C. The molecule has 0 bridgehead atoms. The second-order valence-electron chi connectivity index (χ2n) is 6.28. The first-order valence-electron chi connectivity index (χ1n) is 7.08. The normalized spacial score (nSPS) is 21.9. The van der Waals surface area contributed by atoms with E-state index >= 15 is 0 Å². The number of nitrogens with one attached hydrogen (secondary N) is 1. The minimum atomic E-state index is 0.00442. The van der Waals surface area contributed by atoms with Gasteiger partial charge in [-0.25, -0.2) is 0 Å². The molecule has 3 N–H and O–H groups in total. The van der Waals surface area contributed by atoms with E-state index in [1.807, 2.05) is 25.1 Å². The summed E-state index contributed by atoms with van der Waals surface area (Å²) in [6.07, 6.45) is 4.70. The summed E-state index contributed by atoms with van der Waals surface area (Å²) in [6.45, 7) is 6.38. The third-order valence-electron chi connectivity index (χ3n) is 4.43. The monoisotopic (exact) mass is 260 g/mol. The average Bonchev–Trinajstić information content (AvgIpc) is 2.35. The van der Waals surface area contributed by atoms with E-state index in [2.05, 4.69) is 19.2 Å². The molecule has 1 fully saturated rings. The van der Waals surface area contributed by atoms with Gasteiger partial charge < -0.3 is 11.1 Å². The summed E-state index contributed by atoms with van der Waals surface area (Å²) >= 11 is 0. The Hall–Kier alpha value is -1.51. The number of carbonyl (C=O) groups excluding carboxylic acids is 1. The average molecular weight is 260 g/mol. The molecule has 1 aromatic carbocycles. The largest absolute Gasteiger partial charge is 0.398 e. The summed E-state index contributed by atoms with van der Waals surface area (Å²) in [5, 5.41) is 3.20. The Morgan fingerprint density at radius 2 is 2.11 bits per heavy atom. The van der Waals surface area contributed by atoms with Crippen molar-refractivity contribution in [1.82, 2.24) is 5.32 Å². The van der Waals surface area contributed by atoms with Crippen LogP contribution in [0.4, 0.5) is 5.69 Å². The van der Waals surface area contributed by atoms with Crippen LogP contribution in [-0.2, 0) is 0 Å². The number of benzene rings is 1. The van der Waals surface area contributed by atoms with Crippen LogP contribution in [0.5, 0.6) is 0 Å². The second kappa shape index (κ2) is 5.24. The number of hydrogen-bond donors (Lipinski definition) is 2. The molecule has 0 aliphatic heterocycles. The van der Waals surface area contributed by atoms with Gasteiger partial charge in [-0.05, 0) is 42.9 Å². The molecule has 0 saturated heterocycles. The topological polar surface area (TPSA) is 55.1 Å². The molecule has 1 saturated carbocycles. The van der Waals surface area contributed by atoms with Crippen LogP contribution in [0, 0.1) is 12.3 Å². The zero-order chi connectivity index (χ0) is 14.0. The molecule has 2 rings (SSSR count). The molecular weight excluding hydrogens is 236 g/mol. The number of rotatable bonds is 2. The predicted molar refractivity (Wildman–Crippen MR) is 79.1 cm³/mol. The molecule has 0 radical (unpaired) electrons. The van der Waals surface area contributed by atoms with Crippen LogP contribution in [-0.4, -0.2) is 11.9 Å². The second-order valence-corrected chi connectivity index (χ2v) is 6.28. The van der Waals surface area contributed by atoms with Crippen molar-refractivity contribution >= 4 is 11.6 Å². The minimum absolute atomic E-state index is 0.00442. The summed E-state index contributed by atoms with van der Waals surface area (Å²) in [4.78, 5) is 12.4. The smallest absolute Gasteiger partial charge is 0.251 e. The van der Waals surface area contributed by atoms with Gasteiger partial charge in [0.2, 0.25) is 0 Å². The maximum absolute atomic E-state index is 12.4. The number of nitrogen functional groups attached to an aromatic ring is 1. The van der Waals surface area contributed by atoms with Crippen molar-refractivity contribution in [3.63, 3.8) is 0 Å². The highest BCUT2D eigenvalue weighted by molar-refractivity contribution is 5.97. The van der Waals surface area contributed by atoms with Crippen LogP contribution in [0.2, 0.25) is 0 Å². The first-order chi connectivity index (χ1) is 8.92. The Kier molecular flexibility index (Phi) is 3.83. The third kappa shape index (κ3) is 2.91. The fraction of sp³-hybridized carbons (Fsp3) is 0.562. The molecule has 19 heavy (non-hydrogen) atoms. The van der Waals surface area contributed by atoms with Crippen molar-refractivity contribution in [2.45, 2.75) is 52.5 Å². The third-order valence-corrected chi connectivity index (χ3v) is 4.43. The van der Waals surface area contributed by atoms with Gasteiger partial charge in [0.05, 0.1) is 0 Å². The molecule has 3 heteroatoms. The number of carbonyl (C=O) groups is 1. The van der Waals surface area contributed by atoms with Crippen LogP contribution < -0.4 is 11.1 Å². The predicted octanol–water partition coefficient (Wildman–Crippen LogP) is 3.28. The Morgan fingerprint density at radius 3 is 2.79 bits per heavy atom. The van der Waals surface area contributed by atoms with Gasteiger partial charge in [0, 0.05) is 17.3 Å². The van der Waals surface area contributed by atoms with E-state index in [4.69, 9.17) is 5.73 Å². The van der Waals surface area contributed by atoms with Gasteiger partial charge in [-0.15, -0.1) is 0 Å². The van der Waals surface area contributed by atoms with Gasteiger partial charge >= 0.3 is 0 Å². The number of amides is 1. The Morgan fingerprint density at radius 1 is 1.37 bits per heavy atom. The van der Waals surface area contributed by atoms with E-state index in [-0.39, 0.29) is 17.4 Å². The number of nitrogens with two attached hydrogens (primary N) is 1. The Bertz CT molecular complexity index is 480. The molecule has 1 unspecified atom stereocenters. The molecule has 104 valence electrons. The highest BCUT2D eigenvalue weighted by atomic mass is 16.1. The van der Waals surface area contributed by atoms with Crippen LogP contribution >= 0.6 is 0 Å². The van der Waals surface area contributed by atoms with Crippen LogP contribution in [0.15, 0.2) is 18.2 Å². The molecular formula is C16H24N2O. The molecule has 0 spiro atoms. The van der Waals surface area contributed by atoms with Crippen molar-refractivity contribution < 1.29 is 4.79 Å². The van der Waals surface area contributed by atoms with Gasteiger partial charge in [0.15, 0.2) is 0 Å². The van der Waals surface area contributed by atoms with Crippen molar-refractivity contribution in [2.24, 2.45) is 5.41 Å².